The van der Waals surface area contributed by atoms with Crippen LogP contribution in [0.2, 0.25) is 0 Å². The Kier molecular flexibility index (Phi) is 5.06. The lowest BCUT2D eigenvalue weighted by Crippen LogP contribution is -2.34. The van der Waals surface area contributed by atoms with E-state index in [-0.39, 0.29) is 18.5 Å². The highest BCUT2D eigenvalue weighted by molar-refractivity contribution is 5.85. The third kappa shape index (κ3) is 3.41. The third-order valence-corrected chi connectivity index (χ3v) is 2.35. The zero-order valence-electron chi connectivity index (χ0n) is 7.29. The first-order valence-corrected chi connectivity index (χ1v) is 4.04. The number of hydrogen-bond donors (Lipinski definition) is 1. The van der Waals surface area contributed by atoms with Crippen LogP contribution in [0.5, 0.6) is 0 Å². The molecule has 0 saturated heterocycles. The van der Waals surface area contributed by atoms with Gasteiger partial charge in [-0.05, 0) is 39.8 Å². The first-order chi connectivity index (χ1) is 4.70. The Labute approximate surface area is 75.0 Å². The molecule has 2 nitrogen and oxygen atoms in total. The highest BCUT2D eigenvalue weighted by Gasteiger charge is 2.20. The molecule has 68 valence electrons. The van der Waals surface area contributed by atoms with Crippen molar-refractivity contribution in [2.24, 2.45) is 0 Å². The Morgan fingerprint density at radius 1 is 1.27 bits per heavy atom. The van der Waals surface area contributed by atoms with Crippen LogP contribution in [0.25, 0.3) is 0 Å². The van der Waals surface area contributed by atoms with Crippen molar-refractivity contribution in [2.45, 2.75) is 37.8 Å². The van der Waals surface area contributed by atoms with E-state index in [1.165, 1.54) is 12.8 Å². The maximum atomic E-state index is 9.30. The fraction of sp³-hybridized carbons (Fsp3) is 1.00. The highest BCUT2D eigenvalue weighted by atomic mass is 35.5. The lowest BCUT2D eigenvalue weighted by Gasteiger charge is -2.30. The average molecular weight is 180 g/mol. The van der Waals surface area contributed by atoms with Crippen LogP contribution in [0.1, 0.15) is 25.7 Å². The Morgan fingerprint density at radius 2 is 1.91 bits per heavy atom. The molecule has 11 heavy (non-hydrogen) atoms. The van der Waals surface area contributed by atoms with E-state index >= 15 is 0 Å². The molecule has 0 aliphatic heterocycles. The molecule has 1 rings (SSSR count). The maximum absolute atomic E-state index is 9.30. The van der Waals surface area contributed by atoms with Gasteiger partial charge in [-0.15, -0.1) is 12.4 Å². The highest BCUT2D eigenvalue weighted by Crippen LogP contribution is 2.20. The van der Waals surface area contributed by atoms with Crippen molar-refractivity contribution in [1.82, 2.24) is 4.90 Å². The van der Waals surface area contributed by atoms with Gasteiger partial charge >= 0.3 is 0 Å². The standard InChI is InChI=1S/C8H17NO.ClH/c1-9(2)7-4-3-5-8(10)6-7;/h7-8,10H,3-6H2,1-2H3;1H/t7-,8+;/m1./s1. The molecule has 0 heterocycles. The Hall–Kier alpha value is 0.210. The first-order valence-electron chi connectivity index (χ1n) is 4.04. The number of hydrogen-bond acceptors (Lipinski definition) is 2. The van der Waals surface area contributed by atoms with Gasteiger partial charge < -0.3 is 10.0 Å². The number of aliphatic hydroxyl groups excluding tert-OH is 1. The van der Waals surface area contributed by atoms with Gasteiger partial charge in [0.25, 0.3) is 0 Å². The zero-order valence-corrected chi connectivity index (χ0v) is 8.10. The number of rotatable bonds is 1. The molecule has 0 unspecified atom stereocenters. The minimum atomic E-state index is -0.0406. The van der Waals surface area contributed by atoms with E-state index in [2.05, 4.69) is 19.0 Å². The van der Waals surface area contributed by atoms with E-state index in [1.54, 1.807) is 0 Å². The molecule has 1 fully saturated rings. The van der Waals surface area contributed by atoms with E-state index < -0.39 is 0 Å². The lowest BCUT2D eigenvalue weighted by atomic mass is 9.92. The summed E-state index contributed by atoms with van der Waals surface area (Å²) in [5.74, 6) is 0. The van der Waals surface area contributed by atoms with Crippen molar-refractivity contribution < 1.29 is 5.11 Å². The van der Waals surface area contributed by atoms with Crippen molar-refractivity contribution in [3.8, 4) is 0 Å². The quantitative estimate of drug-likeness (QED) is 0.656. The molecule has 1 aliphatic rings. The molecule has 0 aromatic rings. The van der Waals surface area contributed by atoms with Crippen molar-refractivity contribution in [2.75, 3.05) is 14.1 Å². The summed E-state index contributed by atoms with van der Waals surface area (Å²) in [4.78, 5) is 2.21. The molecular formula is C8H18ClNO. The molecule has 0 aromatic heterocycles. The minimum Gasteiger partial charge on any atom is -0.393 e. The van der Waals surface area contributed by atoms with Gasteiger partial charge in [-0.3, -0.25) is 0 Å². The molecule has 2 atom stereocenters. The van der Waals surface area contributed by atoms with E-state index in [4.69, 9.17) is 0 Å². The molecule has 0 radical (unpaired) electrons. The summed E-state index contributed by atoms with van der Waals surface area (Å²) in [5, 5.41) is 9.30. The first kappa shape index (κ1) is 11.2. The Bertz CT molecular complexity index is 108. The maximum Gasteiger partial charge on any atom is 0.0555 e. The van der Waals surface area contributed by atoms with Crippen LogP contribution in [0.4, 0.5) is 0 Å². The van der Waals surface area contributed by atoms with Gasteiger partial charge in [0.05, 0.1) is 6.10 Å². The molecule has 0 spiro atoms. The number of halogens is 1. The summed E-state index contributed by atoms with van der Waals surface area (Å²) in [6.45, 7) is 0. The molecule has 0 aromatic carbocycles. The van der Waals surface area contributed by atoms with Crippen LogP contribution < -0.4 is 0 Å². The molecular weight excluding hydrogens is 162 g/mol. The summed E-state index contributed by atoms with van der Waals surface area (Å²) in [6, 6.07) is 0.615. The normalized spacial score (nSPS) is 31.6. The van der Waals surface area contributed by atoms with Gasteiger partial charge in [-0.2, -0.15) is 0 Å². The van der Waals surface area contributed by atoms with Gasteiger partial charge in [-0.25, -0.2) is 0 Å². The minimum absolute atomic E-state index is 0. The van der Waals surface area contributed by atoms with Gasteiger partial charge in [0, 0.05) is 6.04 Å². The van der Waals surface area contributed by atoms with Crippen molar-refractivity contribution in [3.63, 3.8) is 0 Å². The van der Waals surface area contributed by atoms with Gasteiger partial charge in [-0.1, -0.05) is 0 Å². The largest absolute Gasteiger partial charge is 0.393 e. The molecule has 0 amide bonds. The second kappa shape index (κ2) is 4.96. The molecule has 0 bridgehead atoms. The predicted molar refractivity (Wildman–Crippen MR) is 49.2 cm³/mol. The number of nitrogens with zero attached hydrogens (tertiary/aromatic N) is 1. The zero-order chi connectivity index (χ0) is 7.56. The monoisotopic (exact) mass is 179 g/mol. The summed E-state index contributed by atoms with van der Waals surface area (Å²) in [6.07, 6.45) is 4.37. The van der Waals surface area contributed by atoms with Gasteiger partial charge in [0.2, 0.25) is 0 Å². The topological polar surface area (TPSA) is 23.5 Å². The van der Waals surface area contributed by atoms with Crippen LogP contribution in [0.15, 0.2) is 0 Å². The second-order valence-electron chi connectivity index (χ2n) is 3.44. The van der Waals surface area contributed by atoms with Crippen LogP contribution in [-0.2, 0) is 0 Å². The summed E-state index contributed by atoms with van der Waals surface area (Å²) >= 11 is 0. The molecule has 1 saturated carbocycles. The van der Waals surface area contributed by atoms with Crippen LogP contribution in [0.3, 0.4) is 0 Å². The average Bonchev–Trinajstić information content (AvgIpc) is 1.88. The third-order valence-electron chi connectivity index (χ3n) is 2.35. The van der Waals surface area contributed by atoms with Crippen molar-refractivity contribution in [1.29, 1.82) is 0 Å². The van der Waals surface area contributed by atoms with Gasteiger partial charge in [0.1, 0.15) is 0 Å². The summed E-state index contributed by atoms with van der Waals surface area (Å²) in [5.41, 5.74) is 0. The molecule has 1 N–H and O–H groups in total. The second-order valence-corrected chi connectivity index (χ2v) is 3.44. The van der Waals surface area contributed by atoms with E-state index in [9.17, 15) is 5.11 Å². The van der Waals surface area contributed by atoms with Crippen molar-refractivity contribution in [3.05, 3.63) is 0 Å². The van der Waals surface area contributed by atoms with Crippen LogP contribution in [-0.4, -0.2) is 36.2 Å². The van der Waals surface area contributed by atoms with Crippen LogP contribution >= 0.6 is 12.4 Å². The fourth-order valence-corrected chi connectivity index (χ4v) is 1.61. The lowest BCUT2D eigenvalue weighted by molar-refractivity contribution is 0.0820. The Balaban J connectivity index is 0.000001000. The van der Waals surface area contributed by atoms with E-state index in [0.717, 1.165) is 12.8 Å². The summed E-state index contributed by atoms with van der Waals surface area (Å²) < 4.78 is 0. The predicted octanol–water partition coefficient (Wildman–Crippen LogP) is 1.27. The van der Waals surface area contributed by atoms with E-state index in [0.29, 0.717) is 6.04 Å². The Morgan fingerprint density at radius 3 is 2.27 bits per heavy atom. The van der Waals surface area contributed by atoms with Crippen molar-refractivity contribution >= 4 is 12.4 Å². The summed E-state index contributed by atoms with van der Waals surface area (Å²) in [7, 11) is 4.17. The van der Waals surface area contributed by atoms with Gasteiger partial charge in [0.15, 0.2) is 0 Å². The smallest absolute Gasteiger partial charge is 0.0555 e. The van der Waals surface area contributed by atoms with E-state index in [1.807, 2.05) is 0 Å². The molecule has 3 heteroatoms. The number of aliphatic hydroxyl groups is 1. The van der Waals surface area contributed by atoms with Crippen LogP contribution in [0, 0.1) is 0 Å². The fourth-order valence-electron chi connectivity index (χ4n) is 1.61. The SMILES string of the molecule is CN(C)[C@@H]1CCC[C@H](O)C1.Cl. The molecule has 1 aliphatic carbocycles.